The van der Waals surface area contributed by atoms with E-state index < -0.39 is 6.10 Å². The summed E-state index contributed by atoms with van der Waals surface area (Å²) in [6.07, 6.45) is 0.995. The lowest BCUT2D eigenvalue weighted by Gasteiger charge is -2.11. The third kappa shape index (κ3) is 2.68. The fourth-order valence-electron chi connectivity index (χ4n) is 2.07. The molecule has 0 fully saturated rings. The molecule has 3 aromatic rings. The van der Waals surface area contributed by atoms with E-state index in [0.29, 0.717) is 16.1 Å². The summed E-state index contributed by atoms with van der Waals surface area (Å²) in [6.45, 7) is 0. The van der Waals surface area contributed by atoms with E-state index in [4.69, 9.17) is 11.6 Å². The number of aromatic nitrogens is 1. The Hall–Kier alpha value is -1.49. The van der Waals surface area contributed by atoms with Gasteiger partial charge in [0.05, 0.1) is 16.3 Å². The molecule has 1 atom stereocenters. The third-order valence-electron chi connectivity index (χ3n) is 3.13. The second kappa shape index (κ2) is 5.48. The Morgan fingerprint density at radius 3 is 3.00 bits per heavy atom. The van der Waals surface area contributed by atoms with Gasteiger partial charge < -0.3 is 5.11 Å². The van der Waals surface area contributed by atoms with E-state index in [1.807, 2.05) is 17.5 Å². The molecular formula is C15H11ClFNOS. The number of aliphatic hydroxyl groups excluding tert-OH is 1. The Morgan fingerprint density at radius 1 is 1.30 bits per heavy atom. The Bertz CT molecular complexity index is 758. The number of hydrogen-bond donors (Lipinski definition) is 1. The number of thiophene rings is 1. The number of aliphatic hydroxyl groups is 1. The average Bonchev–Trinajstić information content (AvgIpc) is 2.90. The maximum absolute atomic E-state index is 13.7. The normalized spacial score (nSPS) is 12.8. The maximum Gasteiger partial charge on any atom is 0.126 e. The first-order chi connectivity index (χ1) is 9.63. The maximum atomic E-state index is 13.7. The molecule has 2 heterocycles. The molecular weight excluding hydrogens is 297 g/mol. The van der Waals surface area contributed by atoms with Crippen molar-refractivity contribution in [1.29, 1.82) is 0 Å². The van der Waals surface area contributed by atoms with Gasteiger partial charge in [-0.05, 0) is 41.3 Å². The van der Waals surface area contributed by atoms with E-state index in [1.165, 1.54) is 18.2 Å². The molecule has 0 saturated heterocycles. The molecule has 0 bridgehead atoms. The molecule has 0 amide bonds. The van der Waals surface area contributed by atoms with Gasteiger partial charge >= 0.3 is 0 Å². The highest BCUT2D eigenvalue weighted by atomic mass is 35.5. The minimum atomic E-state index is -0.804. The standard InChI is InChI=1S/C15H11ClFNOS/c16-11-1-2-12(17)9(5-11)6-14(19)10-7-15-13(18-8-10)3-4-20-15/h1-5,7-8,14,19H,6H2. The van der Waals surface area contributed by atoms with Crippen molar-refractivity contribution < 1.29 is 9.50 Å². The van der Waals surface area contributed by atoms with Gasteiger partial charge in [-0.1, -0.05) is 11.6 Å². The molecule has 0 aliphatic carbocycles. The molecule has 1 unspecified atom stereocenters. The van der Waals surface area contributed by atoms with Crippen LogP contribution in [-0.4, -0.2) is 10.1 Å². The number of nitrogens with zero attached hydrogens (tertiary/aromatic N) is 1. The van der Waals surface area contributed by atoms with Gasteiger partial charge in [0.25, 0.3) is 0 Å². The van der Waals surface area contributed by atoms with Crippen molar-refractivity contribution in [2.24, 2.45) is 0 Å². The molecule has 2 aromatic heterocycles. The molecule has 102 valence electrons. The monoisotopic (exact) mass is 307 g/mol. The van der Waals surface area contributed by atoms with Crippen LogP contribution in [0.3, 0.4) is 0 Å². The minimum absolute atomic E-state index is 0.172. The summed E-state index contributed by atoms with van der Waals surface area (Å²) in [6, 6.07) is 8.15. The smallest absolute Gasteiger partial charge is 0.126 e. The number of fused-ring (bicyclic) bond motifs is 1. The fourth-order valence-corrected chi connectivity index (χ4v) is 3.05. The molecule has 1 N–H and O–H groups in total. The molecule has 0 radical (unpaired) electrons. The van der Waals surface area contributed by atoms with Crippen LogP contribution < -0.4 is 0 Å². The number of halogens is 2. The Balaban J connectivity index is 1.88. The number of rotatable bonds is 3. The van der Waals surface area contributed by atoms with E-state index >= 15 is 0 Å². The van der Waals surface area contributed by atoms with Crippen molar-refractivity contribution in [2.45, 2.75) is 12.5 Å². The van der Waals surface area contributed by atoms with Crippen LogP contribution in [0.5, 0.6) is 0 Å². The minimum Gasteiger partial charge on any atom is -0.388 e. The lowest BCUT2D eigenvalue weighted by Crippen LogP contribution is -2.04. The van der Waals surface area contributed by atoms with Crippen LogP contribution in [0, 0.1) is 5.82 Å². The third-order valence-corrected chi connectivity index (χ3v) is 4.22. The van der Waals surface area contributed by atoms with Crippen molar-refractivity contribution in [1.82, 2.24) is 4.98 Å². The highest BCUT2D eigenvalue weighted by Gasteiger charge is 2.13. The highest BCUT2D eigenvalue weighted by Crippen LogP contribution is 2.26. The summed E-state index contributed by atoms with van der Waals surface area (Å²) >= 11 is 7.41. The molecule has 20 heavy (non-hydrogen) atoms. The Labute approximate surface area is 124 Å². The van der Waals surface area contributed by atoms with E-state index in [2.05, 4.69) is 4.98 Å². The molecule has 5 heteroatoms. The van der Waals surface area contributed by atoms with Gasteiger partial charge in [-0.3, -0.25) is 4.98 Å². The van der Waals surface area contributed by atoms with Gasteiger partial charge in [0.1, 0.15) is 5.82 Å². The molecule has 2 nitrogen and oxygen atoms in total. The predicted molar refractivity (Wildman–Crippen MR) is 79.7 cm³/mol. The Morgan fingerprint density at radius 2 is 2.15 bits per heavy atom. The van der Waals surface area contributed by atoms with Gasteiger partial charge in [-0.15, -0.1) is 11.3 Å². The van der Waals surface area contributed by atoms with Crippen molar-refractivity contribution in [3.63, 3.8) is 0 Å². The predicted octanol–water partition coefficient (Wildman–Crippen LogP) is 4.36. The fraction of sp³-hybridized carbons (Fsp3) is 0.133. The summed E-state index contributed by atoms with van der Waals surface area (Å²) in [5, 5.41) is 12.6. The highest BCUT2D eigenvalue weighted by molar-refractivity contribution is 7.17. The van der Waals surface area contributed by atoms with Crippen molar-refractivity contribution in [3.8, 4) is 0 Å². The van der Waals surface area contributed by atoms with Gasteiger partial charge in [0, 0.05) is 23.2 Å². The molecule has 1 aromatic carbocycles. The van der Waals surface area contributed by atoms with Crippen LogP contribution in [0.2, 0.25) is 5.02 Å². The zero-order valence-corrected chi connectivity index (χ0v) is 12.0. The summed E-state index contributed by atoms with van der Waals surface area (Å²) in [7, 11) is 0. The summed E-state index contributed by atoms with van der Waals surface area (Å²) in [5.41, 5.74) is 1.98. The first-order valence-corrected chi connectivity index (χ1v) is 7.34. The van der Waals surface area contributed by atoms with Crippen molar-refractivity contribution in [2.75, 3.05) is 0 Å². The van der Waals surface area contributed by atoms with Crippen LogP contribution in [0.1, 0.15) is 17.2 Å². The number of pyridine rings is 1. The van der Waals surface area contributed by atoms with E-state index in [-0.39, 0.29) is 12.2 Å². The molecule has 0 spiro atoms. The largest absolute Gasteiger partial charge is 0.388 e. The van der Waals surface area contributed by atoms with Crippen molar-refractivity contribution in [3.05, 3.63) is 63.9 Å². The summed E-state index contributed by atoms with van der Waals surface area (Å²) < 4.78 is 14.7. The van der Waals surface area contributed by atoms with E-state index in [1.54, 1.807) is 17.5 Å². The SMILES string of the molecule is OC(Cc1cc(Cl)ccc1F)c1cnc2ccsc2c1. The molecule has 0 aliphatic heterocycles. The second-order valence-corrected chi connectivity index (χ2v) is 5.91. The first kappa shape index (κ1) is 13.5. The number of benzene rings is 1. The lowest BCUT2D eigenvalue weighted by molar-refractivity contribution is 0.177. The van der Waals surface area contributed by atoms with Gasteiger partial charge in [0.15, 0.2) is 0 Å². The second-order valence-electron chi connectivity index (χ2n) is 4.53. The zero-order valence-electron chi connectivity index (χ0n) is 10.4. The molecule has 3 rings (SSSR count). The van der Waals surface area contributed by atoms with Crippen LogP contribution >= 0.6 is 22.9 Å². The first-order valence-electron chi connectivity index (χ1n) is 6.08. The van der Waals surface area contributed by atoms with Crippen LogP contribution in [0.4, 0.5) is 4.39 Å². The van der Waals surface area contributed by atoms with E-state index in [9.17, 15) is 9.50 Å². The lowest BCUT2D eigenvalue weighted by atomic mass is 10.0. The topological polar surface area (TPSA) is 33.1 Å². The Kier molecular flexibility index (Phi) is 3.70. The zero-order chi connectivity index (χ0) is 14.1. The number of hydrogen-bond acceptors (Lipinski definition) is 3. The quantitative estimate of drug-likeness (QED) is 0.779. The van der Waals surface area contributed by atoms with Gasteiger partial charge in [-0.25, -0.2) is 4.39 Å². The van der Waals surface area contributed by atoms with Crippen molar-refractivity contribution >= 4 is 33.2 Å². The summed E-state index contributed by atoms with van der Waals surface area (Å²) in [5.74, 6) is -0.362. The van der Waals surface area contributed by atoms with E-state index in [0.717, 1.165) is 10.2 Å². The summed E-state index contributed by atoms with van der Waals surface area (Å²) in [4.78, 5) is 4.27. The average molecular weight is 308 g/mol. The van der Waals surface area contributed by atoms with Gasteiger partial charge in [0.2, 0.25) is 0 Å². The van der Waals surface area contributed by atoms with Crippen LogP contribution in [0.15, 0.2) is 41.9 Å². The molecule has 0 saturated carbocycles. The van der Waals surface area contributed by atoms with Crippen LogP contribution in [0.25, 0.3) is 10.2 Å². The van der Waals surface area contributed by atoms with Crippen LogP contribution in [-0.2, 0) is 6.42 Å². The molecule has 0 aliphatic rings. The van der Waals surface area contributed by atoms with Gasteiger partial charge in [-0.2, -0.15) is 0 Å².